The Labute approximate surface area is 76.9 Å². The number of hydrogen-bond acceptors (Lipinski definition) is 1. The monoisotopic (exact) mass is 218 g/mol. The number of rotatable bonds is 3. The van der Waals surface area contributed by atoms with Crippen LogP contribution in [0.4, 0.5) is 0 Å². The van der Waals surface area contributed by atoms with Crippen LogP contribution in [0.2, 0.25) is 0 Å². The van der Waals surface area contributed by atoms with Crippen LogP contribution in [0.1, 0.15) is 32.1 Å². The van der Waals surface area contributed by atoms with Gasteiger partial charge in [-0.2, -0.15) is 0 Å². The molecule has 1 fully saturated rings. The van der Waals surface area contributed by atoms with Gasteiger partial charge in [0.2, 0.25) is 0 Å². The zero-order valence-corrected chi connectivity index (χ0v) is 8.40. The Hall–Kier alpha value is 0.180. The molecule has 0 N–H and O–H groups in total. The highest BCUT2D eigenvalue weighted by molar-refractivity contribution is 9.11. The van der Waals surface area contributed by atoms with Crippen molar-refractivity contribution in [3.8, 4) is 0 Å². The minimum atomic E-state index is 0.498. The van der Waals surface area contributed by atoms with Crippen molar-refractivity contribution < 1.29 is 4.74 Å². The first-order valence-electron chi connectivity index (χ1n) is 4.24. The molecule has 1 aliphatic carbocycles. The number of ether oxygens (including phenoxy) is 1. The van der Waals surface area contributed by atoms with Crippen LogP contribution in [-0.4, -0.2) is 12.7 Å². The van der Waals surface area contributed by atoms with Gasteiger partial charge in [-0.15, -0.1) is 0 Å². The van der Waals surface area contributed by atoms with Crippen molar-refractivity contribution in [2.24, 2.45) is 0 Å². The minimum absolute atomic E-state index is 0.498. The van der Waals surface area contributed by atoms with Crippen molar-refractivity contribution in [1.82, 2.24) is 0 Å². The predicted octanol–water partition coefficient (Wildman–Crippen LogP) is 3.24. The fourth-order valence-corrected chi connectivity index (χ4v) is 1.57. The summed E-state index contributed by atoms with van der Waals surface area (Å²) >= 11 is 3.28. The Kier molecular flexibility index (Phi) is 4.16. The van der Waals surface area contributed by atoms with Gasteiger partial charge in [-0.3, -0.25) is 0 Å². The summed E-state index contributed by atoms with van der Waals surface area (Å²) in [6.45, 7) is 4.40. The van der Waals surface area contributed by atoms with Crippen molar-refractivity contribution in [1.29, 1.82) is 0 Å². The van der Waals surface area contributed by atoms with E-state index in [1.165, 1.54) is 32.1 Å². The van der Waals surface area contributed by atoms with Crippen LogP contribution in [0.25, 0.3) is 0 Å². The van der Waals surface area contributed by atoms with E-state index in [1.54, 1.807) is 0 Å². The van der Waals surface area contributed by atoms with Crippen molar-refractivity contribution in [2.75, 3.05) is 6.61 Å². The summed E-state index contributed by atoms with van der Waals surface area (Å²) in [5, 5.41) is 0. The Bertz CT molecular complexity index is 128. The predicted molar refractivity (Wildman–Crippen MR) is 50.9 cm³/mol. The third-order valence-corrected chi connectivity index (χ3v) is 2.26. The van der Waals surface area contributed by atoms with Crippen molar-refractivity contribution in [2.45, 2.75) is 38.2 Å². The van der Waals surface area contributed by atoms with Crippen LogP contribution in [0.5, 0.6) is 0 Å². The van der Waals surface area contributed by atoms with E-state index >= 15 is 0 Å². The quantitative estimate of drug-likeness (QED) is 0.707. The molecule has 0 aliphatic heterocycles. The zero-order chi connectivity index (χ0) is 8.10. The van der Waals surface area contributed by atoms with E-state index in [2.05, 4.69) is 22.5 Å². The van der Waals surface area contributed by atoms with Crippen molar-refractivity contribution >= 4 is 15.9 Å². The van der Waals surface area contributed by atoms with Gasteiger partial charge in [0.05, 0.1) is 12.7 Å². The SMILES string of the molecule is C=C(Br)COC1CCCCC1. The lowest BCUT2D eigenvalue weighted by molar-refractivity contribution is 0.0457. The molecule has 2 heteroatoms. The van der Waals surface area contributed by atoms with Crippen LogP contribution in [0.3, 0.4) is 0 Å². The van der Waals surface area contributed by atoms with Gasteiger partial charge in [0.15, 0.2) is 0 Å². The summed E-state index contributed by atoms with van der Waals surface area (Å²) in [5.41, 5.74) is 0. The molecular formula is C9H15BrO. The maximum atomic E-state index is 5.60. The molecule has 1 rings (SSSR count). The highest BCUT2D eigenvalue weighted by atomic mass is 79.9. The third-order valence-electron chi connectivity index (χ3n) is 2.03. The molecule has 0 aromatic carbocycles. The van der Waals surface area contributed by atoms with E-state index in [0.29, 0.717) is 12.7 Å². The van der Waals surface area contributed by atoms with Gasteiger partial charge < -0.3 is 4.74 Å². The Morgan fingerprint density at radius 2 is 2.00 bits per heavy atom. The minimum Gasteiger partial charge on any atom is -0.373 e. The van der Waals surface area contributed by atoms with Gasteiger partial charge in [0, 0.05) is 4.48 Å². The van der Waals surface area contributed by atoms with E-state index in [0.717, 1.165) is 4.48 Å². The van der Waals surface area contributed by atoms with E-state index in [-0.39, 0.29) is 0 Å². The fraction of sp³-hybridized carbons (Fsp3) is 0.778. The van der Waals surface area contributed by atoms with Gasteiger partial charge in [0.1, 0.15) is 0 Å². The first-order chi connectivity index (χ1) is 5.29. The molecular weight excluding hydrogens is 204 g/mol. The van der Waals surface area contributed by atoms with Crippen LogP contribution >= 0.6 is 15.9 Å². The lowest BCUT2D eigenvalue weighted by Crippen LogP contribution is -2.16. The summed E-state index contributed by atoms with van der Waals surface area (Å²) in [6, 6.07) is 0. The average Bonchev–Trinajstić information content (AvgIpc) is 2.03. The smallest absolute Gasteiger partial charge is 0.0779 e. The normalized spacial score (nSPS) is 20.1. The summed E-state index contributed by atoms with van der Waals surface area (Å²) in [5.74, 6) is 0. The van der Waals surface area contributed by atoms with Crippen LogP contribution in [0, 0.1) is 0 Å². The molecule has 0 aromatic rings. The molecule has 1 aliphatic rings. The van der Waals surface area contributed by atoms with E-state index in [1.807, 2.05) is 0 Å². The summed E-state index contributed by atoms with van der Waals surface area (Å²) in [7, 11) is 0. The maximum absolute atomic E-state index is 5.60. The molecule has 0 atom stereocenters. The van der Waals surface area contributed by atoms with Gasteiger partial charge in [-0.1, -0.05) is 41.8 Å². The van der Waals surface area contributed by atoms with Gasteiger partial charge >= 0.3 is 0 Å². The van der Waals surface area contributed by atoms with E-state index in [4.69, 9.17) is 4.74 Å². The standard InChI is InChI=1S/C9H15BrO/c1-8(10)7-11-9-5-3-2-4-6-9/h9H,1-7H2. The lowest BCUT2D eigenvalue weighted by Gasteiger charge is -2.21. The summed E-state index contributed by atoms with van der Waals surface area (Å²) in [6.07, 6.45) is 7.02. The van der Waals surface area contributed by atoms with Crippen LogP contribution in [0.15, 0.2) is 11.1 Å². The first kappa shape index (κ1) is 9.27. The molecule has 11 heavy (non-hydrogen) atoms. The lowest BCUT2D eigenvalue weighted by atomic mass is 9.98. The molecule has 0 amide bonds. The van der Waals surface area contributed by atoms with E-state index in [9.17, 15) is 0 Å². The topological polar surface area (TPSA) is 9.23 Å². The molecule has 0 radical (unpaired) electrons. The fourth-order valence-electron chi connectivity index (χ4n) is 1.44. The Balaban J connectivity index is 2.09. The number of halogens is 1. The zero-order valence-electron chi connectivity index (χ0n) is 6.81. The second kappa shape index (κ2) is 4.94. The molecule has 0 spiro atoms. The van der Waals surface area contributed by atoms with E-state index < -0.39 is 0 Å². The molecule has 0 unspecified atom stereocenters. The van der Waals surface area contributed by atoms with Gasteiger partial charge in [0.25, 0.3) is 0 Å². The average molecular weight is 219 g/mol. The Morgan fingerprint density at radius 3 is 2.55 bits per heavy atom. The second-order valence-corrected chi connectivity index (χ2v) is 4.21. The molecule has 64 valence electrons. The molecule has 0 aromatic heterocycles. The van der Waals surface area contributed by atoms with Crippen molar-refractivity contribution in [3.63, 3.8) is 0 Å². The number of hydrogen-bond donors (Lipinski definition) is 0. The van der Waals surface area contributed by atoms with Crippen LogP contribution < -0.4 is 0 Å². The van der Waals surface area contributed by atoms with Gasteiger partial charge in [-0.05, 0) is 12.8 Å². The second-order valence-electron chi connectivity index (χ2n) is 3.09. The maximum Gasteiger partial charge on any atom is 0.0779 e. The molecule has 0 saturated heterocycles. The summed E-state index contributed by atoms with van der Waals surface area (Å²) < 4.78 is 6.55. The first-order valence-corrected chi connectivity index (χ1v) is 5.03. The Morgan fingerprint density at radius 1 is 1.36 bits per heavy atom. The third kappa shape index (κ3) is 3.92. The highest BCUT2D eigenvalue weighted by Gasteiger charge is 2.12. The van der Waals surface area contributed by atoms with Crippen molar-refractivity contribution in [3.05, 3.63) is 11.1 Å². The van der Waals surface area contributed by atoms with Gasteiger partial charge in [-0.25, -0.2) is 0 Å². The molecule has 0 bridgehead atoms. The molecule has 1 nitrogen and oxygen atoms in total. The molecule has 0 heterocycles. The largest absolute Gasteiger partial charge is 0.373 e. The highest BCUT2D eigenvalue weighted by Crippen LogP contribution is 2.20. The molecule has 1 saturated carbocycles. The summed E-state index contributed by atoms with van der Waals surface area (Å²) in [4.78, 5) is 0. The van der Waals surface area contributed by atoms with Crippen LogP contribution in [-0.2, 0) is 4.74 Å².